The van der Waals surface area contributed by atoms with Crippen LogP contribution in [0.1, 0.15) is 33.6 Å². The predicted octanol–water partition coefficient (Wildman–Crippen LogP) is 3.40. The van der Waals surface area contributed by atoms with Gasteiger partial charge in [0.2, 0.25) is 0 Å². The third kappa shape index (κ3) is 5.00. The fraction of sp³-hybridized carbons (Fsp3) is 0.636. The maximum Gasteiger partial charge on any atom is 0.0190 e. The third-order valence-electron chi connectivity index (χ3n) is 1.95. The lowest BCUT2D eigenvalue weighted by atomic mass is 10.1. The third-order valence-corrected chi connectivity index (χ3v) is 1.95. The predicted molar refractivity (Wildman–Crippen MR) is 55.8 cm³/mol. The zero-order chi connectivity index (χ0) is 9.40. The number of allylic oxidation sites excluding steroid dienone is 1. The lowest BCUT2D eigenvalue weighted by Crippen LogP contribution is -2.07. The molecule has 0 fully saturated rings. The monoisotopic (exact) mass is 167 g/mol. The van der Waals surface area contributed by atoms with E-state index in [1.165, 1.54) is 12.8 Å². The quantitative estimate of drug-likeness (QED) is 0.586. The molecule has 0 bridgehead atoms. The van der Waals surface area contributed by atoms with Crippen molar-refractivity contribution in [3.8, 4) is 0 Å². The molecule has 0 aromatic carbocycles. The van der Waals surface area contributed by atoms with E-state index in [0.29, 0.717) is 5.92 Å². The van der Waals surface area contributed by atoms with Gasteiger partial charge in [0, 0.05) is 6.54 Å². The van der Waals surface area contributed by atoms with Gasteiger partial charge in [-0.1, -0.05) is 32.9 Å². The van der Waals surface area contributed by atoms with Crippen LogP contribution < -0.4 is 0 Å². The number of nitrogens with zero attached hydrogens (tertiary/aromatic N) is 1. The van der Waals surface area contributed by atoms with Crippen LogP contribution in [-0.2, 0) is 0 Å². The molecule has 1 atom stereocenters. The van der Waals surface area contributed by atoms with E-state index < -0.39 is 0 Å². The van der Waals surface area contributed by atoms with Crippen molar-refractivity contribution in [2.24, 2.45) is 5.92 Å². The van der Waals surface area contributed by atoms with Crippen LogP contribution in [0.2, 0.25) is 0 Å². The van der Waals surface area contributed by atoms with E-state index in [4.69, 9.17) is 0 Å². The highest BCUT2D eigenvalue weighted by molar-refractivity contribution is 4.90. The molecule has 0 aliphatic rings. The topological polar surface area (TPSA) is 3.24 Å². The summed E-state index contributed by atoms with van der Waals surface area (Å²) in [7, 11) is 0. The highest BCUT2D eigenvalue weighted by Gasteiger charge is 1.94. The summed E-state index contributed by atoms with van der Waals surface area (Å²) in [5, 5.41) is 0. The summed E-state index contributed by atoms with van der Waals surface area (Å²) < 4.78 is 0. The molecule has 0 rings (SSSR count). The molecule has 0 amide bonds. The second kappa shape index (κ2) is 6.96. The second-order valence-corrected chi connectivity index (χ2v) is 3.12. The second-order valence-electron chi connectivity index (χ2n) is 3.12. The van der Waals surface area contributed by atoms with Crippen molar-refractivity contribution < 1.29 is 0 Å². The lowest BCUT2D eigenvalue weighted by molar-refractivity contribution is 0.525. The van der Waals surface area contributed by atoms with Crippen molar-refractivity contribution in [1.82, 2.24) is 4.90 Å². The maximum absolute atomic E-state index is 3.73. The molecule has 0 N–H and O–H groups in total. The Morgan fingerprint density at radius 2 is 2.08 bits per heavy atom. The van der Waals surface area contributed by atoms with Crippen molar-refractivity contribution in [3.05, 3.63) is 25.1 Å². The van der Waals surface area contributed by atoms with Crippen LogP contribution in [0.3, 0.4) is 0 Å². The number of hydrogen-bond acceptors (Lipinski definition) is 1. The van der Waals surface area contributed by atoms with Gasteiger partial charge in [-0.2, -0.15) is 0 Å². The Morgan fingerprint density at radius 3 is 2.50 bits per heavy atom. The molecule has 0 aliphatic carbocycles. The van der Waals surface area contributed by atoms with Gasteiger partial charge >= 0.3 is 0 Å². The Kier molecular flexibility index (Phi) is 6.54. The molecule has 0 saturated heterocycles. The molecule has 0 radical (unpaired) electrons. The normalized spacial score (nSPS) is 13.2. The van der Waals surface area contributed by atoms with Gasteiger partial charge in [-0.15, -0.1) is 0 Å². The molecule has 1 heteroatoms. The van der Waals surface area contributed by atoms with Crippen LogP contribution in [0.25, 0.3) is 0 Å². The smallest absolute Gasteiger partial charge is 0.0190 e. The summed E-state index contributed by atoms with van der Waals surface area (Å²) in [4.78, 5) is 2.09. The fourth-order valence-electron chi connectivity index (χ4n) is 1.10. The summed E-state index contributed by atoms with van der Waals surface area (Å²) in [6.45, 7) is 11.3. The Bertz CT molecular complexity index is 138. The van der Waals surface area contributed by atoms with E-state index >= 15 is 0 Å². The first-order valence-corrected chi connectivity index (χ1v) is 4.81. The summed E-state index contributed by atoms with van der Waals surface area (Å²) >= 11 is 0. The average molecular weight is 167 g/mol. The number of hydrogen-bond donors (Lipinski definition) is 0. The molecule has 0 spiro atoms. The molecule has 70 valence electrons. The summed E-state index contributed by atoms with van der Waals surface area (Å²) in [5.41, 5.74) is 0. The van der Waals surface area contributed by atoms with Gasteiger partial charge in [-0.3, -0.25) is 0 Å². The van der Waals surface area contributed by atoms with E-state index in [1.54, 1.807) is 0 Å². The fourth-order valence-corrected chi connectivity index (χ4v) is 1.10. The zero-order valence-corrected chi connectivity index (χ0v) is 8.59. The molecule has 0 aromatic heterocycles. The first-order valence-electron chi connectivity index (χ1n) is 4.81. The van der Waals surface area contributed by atoms with Crippen LogP contribution in [0.5, 0.6) is 0 Å². The van der Waals surface area contributed by atoms with Crippen molar-refractivity contribution in [3.63, 3.8) is 0 Å². The van der Waals surface area contributed by atoms with Gasteiger partial charge in [-0.05, 0) is 31.7 Å². The van der Waals surface area contributed by atoms with E-state index in [2.05, 4.69) is 44.5 Å². The van der Waals surface area contributed by atoms with Crippen molar-refractivity contribution >= 4 is 0 Å². The van der Waals surface area contributed by atoms with E-state index in [-0.39, 0.29) is 0 Å². The van der Waals surface area contributed by atoms with Crippen LogP contribution >= 0.6 is 0 Å². The van der Waals surface area contributed by atoms with Crippen molar-refractivity contribution in [2.45, 2.75) is 33.6 Å². The Hall–Kier alpha value is -0.720. The molecule has 12 heavy (non-hydrogen) atoms. The molecule has 1 unspecified atom stereocenters. The minimum Gasteiger partial charge on any atom is -0.355 e. The van der Waals surface area contributed by atoms with Gasteiger partial charge in [0.25, 0.3) is 0 Å². The van der Waals surface area contributed by atoms with Gasteiger partial charge < -0.3 is 4.90 Å². The minimum atomic E-state index is 0.684. The van der Waals surface area contributed by atoms with Gasteiger partial charge in [0.05, 0.1) is 0 Å². The van der Waals surface area contributed by atoms with Crippen molar-refractivity contribution in [1.29, 1.82) is 0 Å². The molecule has 1 nitrogen and oxygen atoms in total. The Labute approximate surface area is 76.8 Å². The summed E-state index contributed by atoms with van der Waals surface area (Å²) in [5.74, 6) is 0.684. The van der Waals surface area contributed by atoms with Gasteiger partial charge in [0.1, 0.15) is 0 Å². The van der Waals surface area contributed by atoms with Gasteiger partial charge in [-0.25, -0.2) is 0 Å². The van der Waals surface area contributed by atoms with E-state index in [1.807, 2.05) is 6.20 Å². The standard InChI is InChI=1S/C11H21N/c1-5-8-11(4)9-10-12(6-2)7-3/h6,9-11H,2,5,7-8H2,1,3-4H3/b10-9-. The largest absolute Gasteiger partial charge is 0.355 e. The summed E-state index contributed by atoms with van der Waals surface area (Å²) in [6.07, 6.45) is 8.74. The minimum absolute atomic E-state index is 0.684. The molecular weight excluding hydrogens is 146 g/mol. The zero-order valence-electron chi connectivity index (χ0n) is 8.59. The first-order chi connectivity index (χ1) is 5.74. The molecule has 0 saturated carbocycles. The SMILES string of the molecule is C=CN(/C=C\C(C)CCC)CC. The van der Waals surface area contributed by atoms with E-state index in [0.717, 1.165) is 6.54 Å². The average Bonchev–Trinajstić information content (AvgIpc) is 2.07. The maximum atomic E-state index is 3.73. The van der Waals surface area contributed by atoms with Gasteiger partial charge in [0.15, 0.2) is 0 Å². The molecule has 0 aromatic rings. The molecular formula is C11H21N. The van der Waals surface area contributed by atoms with Crippen LogP contribution in [0, 0.1) is 5.92 Å². The Morgan fingerprint density at radius 1 is 1.42 bits per heavy atom. The Balaban J connectivity index is 3.77. The lowest BCUT2D eigenvalue weighted by Gasteiger charge is -2.12. The molecule has 0 heterocycles. The number of rotatable bonds is 6. The van der Waals surface area contributed by atoms with Crippen LogP contribution in [-0.4, -0.2) is 11.4 Å². The van der Waals surface area contributed by atoms with Crippen molar-refractivity contribution in [2.75, 3.05) is 6.54 Å². The highest BCUT2D eigenvalue weighted by atomic mass is 15.1. The van der Waals surface area contributed by atoms with Crippen LogP contribution in [0.15, 0.2) is 25.1 Å². The van der Waals surface area contributed by atoms with E-state index in [9.17, 15) is 0 Å². The molecule has 0 aliphatic heterocycles. The summed E-state index contributed by atoms with van der Waals surface area (Å²) in [6, 6.07) is 0. The first kappa shape index (κ1) is 11.3. The highest BCUT2D eigenvalue weighted by Crippen LogP contribution is 2.06. The van der Waals surface area contributed by atoms with Crippen LogP contribution in [0.4, 0.5) is 0 Å².